The highest BCUT2D eigenvalue weighted by molar-refractivity contribution is 9.10. The summed E-state index contributed by atoms with van der Waals surface area (Å²) in [5, 5.41) is 6.69. The number of hydrazone groups is 1. The zero-order valence-corrected chi connectivity index (χ0v) is 24.3. The Bertz CT molecular complexity index is 1740. The lowest BCUT2D eigenvalue weighted by atomic mass is 10.1. The highest BCUT2D eigenvalue weighted by atomic mass is 79.9. The van der Waals surface area contributed by atoms with Gasteiger partial charge in [0.05, 0.1) is 18.9 Å². The first kappa shape index (κ1) is 29.1. The summed E-state index contributed by atoms with van der Waals surface area (Å²) in [6.07, 6.45) is 2.89. The van der Waals surface area contributed by atoms with E-state index in [0.717, 1.165) is 4.47 Å². The minimum absolute atomic E-state index is 0.0442. The van der Waals surface area contributed by atoms with Gasteiger partial charge < -0.3 is 24.3 Å². The molecule has 11 heteroatoms. The van der Waals surface area contributed by atoms with E-state index in [0.29, 0.717) is 33.8 Å². The maximum atomic E-state index is 13.1. The SMILES string of the molecule is COc1cc(/C=N\NC(=O)/C(=C\c2ccc3c(c2)OCO3)NC(=O)c2ccccc2)ccc1OC(=O)c1cccc(Br)c1. The zero-order chi connectivity index (χ0) is 30.2. The summed E-state index contributed by atoms with van der Waals surface area (Å²) in [6.45, 7) is 0.106. The molecular formula is C32H24BrN3O7. The van der Waals surface area contributed by atoms with E-state index in [1.807, 2.05) is 0 Å². The number of amides is 2. The van der Waals surface area contributed by atoms with Gasteiger partial charge >= 0.3 is 5.97 Å². The van der Waals surface area contributed by atoms with E-state index in [-0.39, 0.29) is 24.0 Å². The fourth-order valence-corrected chi connectivity index (χ4v) is 4.36. The first-order chi connectivity index (χ1) is 20.9. The maximum absolute atomic E-state index is 13.1. The minimum Gasteiger partial charge on any atom is -0.493 e. The molecule has 5 rings (SSSR count). The fourth-order valence-electron chi connectivity index (χ4n) is 3.96. The summed E-state index contributed by atoms with van der Waals surface area (Å²) in [5.74, 6) is -0.0591. The van der Waals surface area contributed by atoms with Crippen molar-refractivity contribution >= 4 is 46.0 Å². The highest BCUT2D eigenvalue weighted by Crippen LogP contribution is 2.33. The summed E-state index contributed by atoms with van der Waals surface area (Å²) in [4.78, 5) is 38.6. The second-order valence-electron chi connectivity index (χ2n) is 9.00. The van der Waals surface area contributed by atoms with Crippen molar-refractivity contribution in [2.75, 3.05) is 13.9 Å². The van der Waals surface area contributed by atoms with Crippen LogP contribution in [0.1, 0.15) is 31.8 Å². The number of carbonyl (C=O) groups is 3. The van der Waals surface area contributed by atoms with Crippen LogP contribution in [0.15, 0.2) is 106 Å². The van der Waals surface area contributed by atoms with Crippen molar-refractivity contribution in [3.63, 3.8) is 0 Å². The molecule has 10 nitrogen and oxygen atoms in total. The average molecular weight is 642 g/mol. The van der Waals surface area contributed by atoms with Gasteiger partial charge in [0.15, 0.2) is 23.0 Å². The first-order valence-corrected chi connectivity index (χ1v) is 13.7. The van der Waals surface area contributed by atoms with Gasteiger partial charge in [0.2, 0.25) is 6.79 Å². The molecule has 2 N–H and O–H groups in total. The second kappa shape index (κ2) is 13.5. The number of nitrogens with one attached hydrogen (secondary N) is 2. The number of rotatable bonds is 9. The number of esters is 1. The molecule has 0 saturated carbocycles. The summed E-state index contributed by atoms with van der Waals surface area (Å²) in [5.41, 5.74) is 4.29. The third-order valence-corrected chi connectivity index (χ3v) is 6.56. The van der Waals surface area contributed by atoms with Crippen molar-refractivity contribution in [3.8, 4) is 23.0 Å². The molecule has 0 atom stereocenters. The molecule has 0 bridgehead atoms. The highest BCUT2D eigenvalue weighted by Gasteiger charge is 2.17. The maximum Gasteiger partial charge on any atom is 0.343 e. The van der Waals surface area contributed by atoms with Crippen LogP contribution in [0.5, 0.6) is 23.0 Å². The van der Waals surface area contributed by atoms with Crippen LogP contribution in [0, 0.1) is 0 Å². The molecule has 0 aliphatic carbocycles. The number of halogens is 1. The summed E-state index contributed by atoms with van der Waals surface area (Å²) in [7, 11) is 1.44. The number of hydrogen-bond donors (Lipinski definition) is 2. The van der Waals surface area contributed by atoms with Gasteiger partial charge in [-0.3, -0.25) is 9.59 Å². The minimum atomic E-state index is -0.662. The average Bonchev–Trinajstić information content (AvgIpc) is 3.49. The Kier molecular flexibility index (Phi) is 9.13. The number of methoxy groups -OCH3 is 1. The van der Waals surface area contributed by atoms with E-state index in [1.165, 1.54) is 19.4 Å². The second-order valence-corrected chi connectivity index (χ2v) is 9.92. The molecule has 1 aliphatic rings. The van der Waals surface area contributed by atoms with Gasteiger partial charge in [-0.1, -0.05) is 46.3 Å². The van der Waals surface area contributed by atoms with Crippen LogP contribution >= 0.6 is 15.9 Å². The van der Waals surface area contributed by atoms with E-state index in [1.54, 1.807) is 91.0 Å². The summed E-state index contributed by atoms with van der Waals surface area (Å²) in [6, 6.07) is 25.3. The normalized spacial score (nSPS) is 12.1. The van der Waals surface area contributed by atoms with Crippen LogP contribution in [-0.4, -0.2) is 37.9 Å². The molecule has 2 amide bonds. The Balaban J connectivity index is 1.31. The molecule has 1 heterocycles. The van der Waals surface area contributed by atoms with E-state index in [9.17, 15) is 14.4 Å². The van der Waals surface area contributed by atoms with Gasteiger partial charge in [-0.2, -0.15) is 5.10 Å². The zero-order valence-electron chi connectivity index (χ0n) is 22.7. The molecule has 4 aromatic carbocycles. The lowest BCUT2D eigenvalue weighted by Crippen LogP contribution is -2.32. The molecular weight excluding hydrogens is 618 g/mol. The quantitative estimate of drug-likeness (QED) is 0.0832. The van der Waals surface area contributed by atoms with Gasteiger partial charge in [-0.05, 0) is 77.9 Å². The predicted molar refractivity (Wildman–Crippen MR) is 162 cm³/mol. The van der Waals surface area contributed by atoms with Crippen molar-refractivity contribution in [3.05, 3.63) is 123 Å². The van der Waals surface area contributed by atoms with Gasteiger partial charge in [-0.25, -0.2) is 10.2 Å². The molecule has 43 heavy (non-hydrogen) atoms. The van der Waals surface area contributed by atoms with Crippen LogP contribution in [0.25, 0.3) is 6.08 Å². The molecule has 0 radical (unpaired) electrons. The summed E-state index contributed by atoms with van der Waals surface area (Å²) >= 11 is 3.34. The van der Waals surface area contributed by atoms with Crippen molar-refractivity contribution in [2.24, 2.45) is 5.10 Å². The van der Waals surface area contributed by atoms with Crippen LogP contribution in [0.2, 0.25) is 0 Å². The largest absolute Gasteiger partial charge is 0.493 e. The molecule has 0 spiro atoms. The Morgan fingerprint density at radius 3 is 2.40 bits per heavy atom. The summed E-state index contributed by atoms with van der Waals surface area (Å²) < 4.78 is 22.4. The number of fused-ring (bicyclic) bond motifs is 1. The number of ether oxygens (including phenoxy) is 4. The Labute approximate surface area is 255 Å². The van der Waals surface area contributed by atoms with Gasteiger partial charge in [-0.15, -0.1) is 0 Å². The van der Waals surface area contributed by atoms with E-state index >= 15 is 0 Å². The van der Waals surface area contributed by atoms with Crippen molar-refractivity contribution < 1.29 is 33.3 Å². The standard InChI is InChI=1S/C32H24BrN3O7/c1-40-28-16-21(11-13-27(28)43-32(39)23-8-5-9-24(33)17-23)18-34-36-31(38)25(35-30(37)22-6-3-2-4-7-22)14-20-10-12-26-29(15-20)42-19-41-26/h2-18H,19H2,1H3,(H,35,37)(H,36,38)/b25-14+,34-18-. The Morgan fingerprint density at radius 2 is 1.60 bits per heavy atom. The molecule has 0 saturated heterocycles. The number of carbonyl (C=O) groups excluding carboxylic acids is 3. The van der Waals surface area contributed by atoms with E-state index < -0.39 is 17.8 Å². The molecule has 4 aromatic rings. The Morgan fingerprint density at radius 1 is 0.837 bits per heavy atom. The molecule has 1 aliphatic heterocycles. The number of hydrogen-bond acceptors (Lipinski definition) is 8. The van der Waals surface area contributed by atoms with Crippen LogP contribution in [-0.2, 0) is 4.79 Å². The number of nitrogens with zero attached hydrogens (tertiary/aromatic N) is 1. The van der Waals surface area contributed by atoms with Crippen LogP contribution in [0.4, 0.5) is 0 Å². The van der Waals surface area contributed by atoms with Crippen LogP contribution in [0.3, 0.4) is 0 Å². The Hall–Kier alpha value is -5.42. The predicted octanol–water partition coefficient (Wildman–Crippen LogP) is 5.33. The van der Waals surface area contributed by atoms with Crippen molar-refractivity contribution in [1.29, 1.82) is 0 Å². The van der Waals surface area contributed by atoms with Gasteiger partial charge in [0, 0.05) is 10.0 Å². The van der Waals surface area contributed by atoms with Crippen LogP contribution < -0.4 is 29.7 Å². The van der Waals surface area contributed by atoms with Crippen molar-refractivity contribution in [2.45, 2.75) is 0 Å². The molecule has 216 valence electrons. The monoisotopic (exact) mass is 641 g/mol. The molecule has 0 fully saturated rings. The topological polar surface area (TPSA) is 125 Å². The third-order valence-electron chi connectivity index (χ3n) is 6.07. The van der Waals surface area contributed by atoms with E-state index in [4.69, 9.17) is 18.9 Å². The lowest BCUT2D eigenvalue weighted by molar-refractivity contribution is -0.117. The molecule has 0 aromatic heterocycles. The van der Waals surface area contributed by atoms with Crippen molar-refractivity contribution in [1.82, 2.24) is 10.7 Å². The third kappa shape index (κ3) is 7.46. The lowest BCUT2D eigenvalue weighted by Gasteiger charge is -2.10. The van der Waals surface area contributed by atoms with Gasteiger partial charge in [0.1, 0.15) is 5.70 Å². The number of benzene rings is 4. The smallest absolute Gasteiger partial charge is 0.343 e. The fraction of sp³-hybridized carbons (Fsp3) is 0.0625. The van der Waals surface area contributed by atoms with Gasteiger partial charge in [0.25, 0.3) is 11.8 Å². The van der Waals surface area contributed by atoms with E-state index in [2.05, 4.69) is 31.8 Å². The first-order valence-electron chi connectivity index (χ1n) is 12.9. The molecule has 0 unspecified atom stereocenters.